The van der Waals surface area contributed by atoms with Crippen LogP contribution in [-0.4, -0.2) is 5.16 Å². The van der Waals surface area contributed by atoms with Gasteiger partial charge in [0.15, 0.2) is 0 Å². The summed E-state index contributed by atoms with van der Waals surface area (Å²) >= 11 is 5.33. The minimum absolute atomic E-state index is 0.222. The van der Waals surface area contributed by atoms with E-state index in [9.17, 15) is 0 Å². The molecule has 0 saturated carbocycles. The molecule has 0 aliphatic rings. The predicted molar refractivity (Wildman–Crippen MR) is 78.0 cm³/mol. The standard InChI is InChI=1S/C13H17BrN2OS/c1-7(12-8(2)16-17-10(12)4)15-9(3)13-11(14)5-6-18-13/h5-7,9,15H,1-4H3. The van der Waals surface area contributed by atoms with Gasteiger partial charge in [-0.3, -0.25) is 0 Å². The van der Waals surface area contributed by atoms with Crippen LogP contribution in [0.15, 0.2) is 20.4 Å². The number of hydrogen-bond donors (Lipinski definition) is 1. The SMILES string of the molecule is Cc1noc(C)c1C(C)NC(C)c1sccc1Br. The van der Waals surface area contributed by atoms with Gasteiger partial charge in [-0.05, 0) is 55.1 Å². The molecule has 0 aromatic carbocycles. The average Bonchev–Trinajstić information content (AvgIpc) is 2.85. The van der Waals surface area contributed by atoms with Gasteiger partial charge in [-0.2, -0.15) is 0 Å². The fourth-order valence-corrected chi connectivity index (χ4v) is 3.99. The number of thiophene rings is 1. The topological polar surface area (TPSA) is 38.1 Å². The quantitative estimate of drug-likeness (QED) is 0.896. The summed E-state index contributed by atoms with van der Waals surface area (Å²) in [7, 11) is 0. The van der Waals surface area contributed by atoms with Gasteiger partial charge in [-0.15, -0.1) is 11.3 Å². The van der Waals surface area contributed by atoms with Gasteiger partial charge in [-0.25, -0.2) is 0 Å². The molecule has 2 atom stereocenters. The van der Waals surface area contributed by atoms with Gasteiger partial charge in [0.25, 0.3) is 0 Å². The Labute approximate surface area is 120 Å². The van der Waals surface area contributed by atoms with Crippen LogP contribution in [0.4, 0.5) is 0 Å². The van der Waals surface area contributed by atoms with Crippen molar-refractivity contribution in [1.82, 2.24) is 10.5 Å². The number of aryl methyl sites for hydroxylation is 2. The first kappa shape index (κ1) is 13.8. The largest absolute Gasteiger partial charge is 0.361 e. The fourth-order valence-electron chi connectivity index (χ4n) is 2.26. The highest BCUT2D eigenvalue weighted by molar-refractivity contribution is 9.10. The van der Waals surface area contributed by atoms with Crippen LogP contribution in [0.2, 0.25) is 0 Å². The molecule has 98 valence electrons. The number of rotatable bonds is 4. The molecule has 2 unspecified atom stereocenters. The van der Waals surface area contributed by atoms with Gasteiger partial charge in [0.2, 0.25) is 0 Å². The smallest absolute Gasteiger partial charge is 0.138 e. The van der Waals surface area contributed by atoms with Gasteiger partial charge in [0.1, 0.15) is 5.76 Å². The minimum atomic E-state index is 0.222. The maximum atomic E-state index is 5.22. The van der Waals surface area contributed by atoms with E-state index in [1.165, 1.54) is 9.35 Å². The lowest BCUT2D eigenvalue weighted by atomic mass is 10.1. The van der Waals surface area contributed by atoms with Crippen molar-refractivity contribution in [2.75, 3.05) is 0 Å². The molecule has 18 heavy (non-hydrogen) atoms. The van der Waals surface area contributed by atoms with Gasteiger partial charge in [0, 0.05) is 27.0 Å². The molecule has 2 aromatic rings. The van der Waals surface area contributed by atoms with Crippen LogP contribution in [0.5, 0.6) is 0 Å². The molecular weight excluding hydrogens is 312 g/mol. The summed E-state index contributed by atoms with van der Waals surface area (Å²) < 4.78 is 6.38. The van der Waals surface area contributed by atoms with Crippen LogP contribution in [0, 0.1) is 13.8 Å². The summed E-state index contributed by atoms with van der Waals surface area (Å²) in [4.78, 5) is 1.31. The molecule has 0 spiro atoms. The summed E-state index contributed by atoms with van der Waals surface area (Å²) in [5, 5.41) is 9.69. The van der Waals surface area contributed by atoms with Crippen LogP contribution >= 0.6 is 27.3 Å². The maximum absolute atomic E-state index is 5.22. The molecular formula is C13H17BrN2OS. The van der Waals surface area contributed by atoms with Crippen LogP contribution in [-0.2, 0) is 0 Å². The highest BCUT2D eigenvalue weighted by atomic mass is 79.9. The van der Waals surface area contributed by atoms with E-state index in [1.807, 2.05) is 13.8 Å². The van der Waals surface area contributed by atoms with Crippen molar-refractivity contribution >= 4 is 27.3 Å². The van der Waals surface area contributed by atoms with E-state index in [0.717, 1.165) is 17.0 Å². The van der Waals surface area contributed by atoms with Crippen molar-refractivity contribution in [3.63, 3.8) is 0 Å². The van der Waals surface area contributed by atoms with Crippen molar-refractivity contribution in [2.24, 2.45) is 0 Å². The average molecular weight is 329 g/mol. The summed E-state index contributed by atoms with van der Waals surface area (Å²) in [5.74, 6) is 0.893. The van der Waals surface area contributed by atoms with Crippen LogP contribution in [0.3, 0.4) is 0 Å². The normalized spacial score (nSPS) is 14.7. The molecule has 3 nitrogen and oxygen atoms in total. The molecule has 2 heterocycles. The number of aromatic nitrogens is 1. The fraction of sp³-hybridized carbons (Fsp3) is 0.462. The molecule has 0 fully saturated rings. The first-order valence-electron chi connectivity index (χ1n) is 5.92. The highest BCUT2D eigenvalue weighted by Gasteiger charge is 2.19. The van der Waals surface area contributed by atoms with Crippen molar-refractivity contribution in [3.8, 4) is 0 Å². The molecule has 5 heteroatoms. The van der Waals surface area contributed by atoms with E-state index >= 15 is 0 Å². The molecule has 0 aliphatic heterocycles. The first-order chi connectivity index (χ1) is 8.50. The Morgan fingerprint density at radius 3 is 2.56 bits per heavy atom. The van der Waals surface area contributed by atoms with E-state index in [2.05, 4.69) is 51.7 Å². The monoisotopic (exact) mass is 328 g/mol. The molecule has 1 N–H and O–H groups in total. The van der Waals surface area contributed by atoms with Crippen molar-refractivity contribution in [1.29, 1.82) is 0 Å². The second kappa shape index (κ2) is 5.55. The third-order valence-electron chi connectivity index (χ3n) is 3.06. The van der Waals surface area contributed by atoms with Crippen LogP contribution < -0.4 is 5.32 Å². The summed E-state index contributed by atoms with van der Waals surface area (Å²) in [5.41, 5.74) is 2.12. The molecule has 0 aliphatic carbocycles. The Balaban J connectivity index is 2.13. The van der Waals surface area contributed by atoms with Gasteiger partial charge in [0.05, 0.1) is 5.69 Å². The lowest BCUT2D eigenvalue weighted by molar-refractivity contribution is 0.389. The molecule has 2 rings (SSSR count). The molecule has 0 bridgehead atoms. The van der Waals surface area contributed by atoms with Crippen LogP contribution in [0.1, 0.15) is 47.8 Å². The van der Waals surface area contributed by atoms with Crippen molar-refractivity contribution in [3.05, 3.63) is 37.8 Å². The highest BCUT2D eigenvalue weighted by Crippen LogP contribution is 2.31. The molecule has 0 radical (unpaired) electrons. The van der Waals surface area contributed by atoms with E-state index in [4.69, 9.17) is 4.52 Å². The van der Waals surface area contributed by atoms with Gasteiger partial charge >= 0.3 is 0 Å². The Morgan fingerprint density at radius 2 is 2.06 bits per heavy atom. The van der Waals surface area contributed by atoms with Gasteiger partial charge in [-0.1, -0.05) is 5.16 Å². The predicted octanol–water partition coefficient (Wildman–Crippen LogP) is 4.53. The summed E-state index contributed by atoms with van der Waals surface area (Å²) in [6, 6.07) is 2.60. The van der Waals surface area contributed by atoms with Crippen molar-refractivity contribution in [2.45, 2.75) is 39.8 Å². The zero-order valence-corrected chi connectivity index (χ0v) is 13.4. The van der Waals surface area contributed by atoms with E-state index in [-0.39, 0.29) is 6.04 Å². The summed E-state index contributed by atoms with van der Waals surface area (Å²) in [6.45, 7) is 8.25. The molecule has 2 aromatic heterocycles. The number of hydrogen-bond acceptors (Lipinski definition) is 4. The van der Waals surface area contributed by atoms with E-state index < -0.39 is 0 Å². The Morgan fingerprint density at radius 1 is 1.33 bits per heavy atom. The second-order valence-electron chi connectivity index (χ2n) is 4.48. The maximum Gasteiger partial charge on any atom is 0.138 e. The Bertz CT molecular complexity index is 515. The molecule has 0 saturated heterocycles. The first-order valence-corrected chi connectivity index (χ1v) is 7.59. The second-order valence-corrected chi connectivity index (χ2v) is 6.28. The number of halogens is 1. The Kier molecular flexibility index (Phi) is 4.25. The van der Waals surface area contributed by atoms with Crippen molar-refractivity contribution < 1.29 is 4.52 Å². The third-order valence-corrected chi connectivity index (χ3v) is 5.11. The Hall–Kier alpha value is -0.650. The minimum Gasteiger partial charge on any atom is -0.361 e. The number of nitrogens with zero attached hydrogens (tertiary/aromatic N) is 1. The van der Waals surface area contributed by atoms with Crippen LogP contribution in [0.25, 0.3) is 0 Å². The van der Waals surface area contributed by atoms with E-state index in [0.29, 0.717) is 6.04 Å². The summed E-state index contributed by atoms with van der Waals surface area (Å²) in [6.07, 6.45) is 0. The van der Waals surface area contributed by atoms with E-state index in [1.54, 1.807) is 11.3 Å². The lowest BCUT2D eigenvalue weighted by Crippen LogP contribution is -2.22. The zero-order valence-electron chi connectivity index (χ0n) is 11.0. The lowest BCUT2D eigenvalue weighted by Gasteiger charge is -2.19. The molecule has 0 amide bonds. The number of nitrogens with one attached hydrogen (secondary N) is 1. The third kappa shape index (κ3) is 2.68. The van der Waals surface area contributed by atoms with Gasteiger partial charge < -0.3 is 9.84 Å². The zero-order chi connectivity index (χ0) is 13.3.